The summed E-state index contributed by atoms with van der Waals surface area (Å²) in [5.74, 6) is -0.537. The number of nitrogens with two attached hydrogens (primary N) is 1. The molecule has 0 fully saturated rings. The van der Waals surface area contributed by atoms with Crippen LogP contribution < -0.4 is 11.1 Å². The number of halogens is 1. The molecule has 0 bridgehead atoms. The predicted molar refractivity (Wildman–Crippen MR) is 76.2 cm³/mol. The van der Waals surface area contributed by atoms with Crippen LogP contribution in [0.2, 0.25) is 5.02 Å². The maximum atomic E-state index is 11.2. The Labute approximate surface area is 116 Å². The van der Waals surface area contributed by atoms with Gasteiger partial charge in [0, 0.05) is 24.1 Å². The number of hydrogen-bond acceptors (Lipinski definition) is 3. The number of nitrogens with one attached hydrogen (secondary N) is 1. The first-order chi connectivity index (χ1) is 9.08. The zero-order valence-electron chi connectivity index (χ0n) is 10.4. The van der Waals surface area contributed by atoms with Gasteiger partial charge in [-0.3, -0.25) is 9.78 Å². The molecule has 1 aromatic heterocycles. The summed E-state index contributed by atoms with van der Waals surface area (Å²) in [5, 5.41) is 3.64. The van der Waals surface area contributed by atoms with Gasteiger partial charge in [-0.25, -0.2) is 0 Å². The number of aromatic nitrogens is 1. The number of nitrogens with zero attached hydrogens (tertiary/aromatic N) is 1. The number of amides is 1. The summed E-state index contributed by atoms with van der Waals surface area (Å²) in [4.78, 5) is 15.2. The minimum absolute atomic E-state index is 0.0879. The number of rotatable bonds is 4. The van der Waals surface area contributed by atoms with Crippen LogP contribution >= 0.6 is 11.6 Å². The van der Waals surface area contributed by atoms with Gasteiger partial charge in [0.25, 0.3) is 0 Å². The lowest BCUT2D eigenvalue weighted by Crippen LogP contribution is -2.13. The number of anilines is 1. The second-order valence-corrected chi connectivity index (χ2v) is 4.61. The molecule has 5 heteroatoms. The molecular formula is C14H14ClN3O. The fourth-order valence-electron chi connectivity index (χ4n) is 1.79. The average molecular weight is 276 g/mol. The highest BCUT2D eigenvalue weighted by Gasteiger charge is 2.10. The van der Waals surface area contributed by atoms with Crippen LogP contribution in [0.25, 0.3) is 0 Å². The van der Waals surface area contributed by atoms with Gasteiger partial charge >= 0.3 is 0 Å². The molecule has 1 amide bonds. The normalized spacial score (nSPS) is 11.9. The molecule has 3 N–H and O–H groups in total. The van der Waals surface area contributed by atoms with Gasteiger partial charge in [0.05, 0.1) is 10.6 Å². The van der Waals surface area contributed by atoms with E-state index in [1.807, 2.05) is 25.1 Å². The van der Waals surface area contributed by atoms with Crippen molar-refractivity contribution in [2.45, 2.75) is 13.0 Å². The zero-order valence-corrected chi connectivity index (χ0v) is 11.2. The fraction of sp³-hybridized carbons (Fsp3) is 0.143. The third-order valence-corrected chi connectivity index (χ3v) is 3.15. The molecule has 1 unspecified atom stereocenters. The smallest absolute Gasteiger partial charge is 0.250 e. The lowest BCUT2D eigenvalue weighted by Gasteiger charge is -2.16. The quantitative estimate of drug-likeness (QED) is 0.901. The molecule has 0 aliphatic heterocycles. The molecule has 98 valence electrons. The van der Waals surface area contributed by atoms with Crippen molar-refractivity contribution in [3.8, 4) is 0 Å². The lowest BCUT2D eigenvalue weighted by atomic mass is 10.1. The molecule has 1 heterocycles. The molecule has 2 rings (SSSR count). The van der Waals surface area contributed by atoms with Crippen LogP contribution in [0.1, 0.15) is 28.9 Å². The van der Waals surface area contributed by atoms with Crippen molar-refractivity contribution in [3.05, 3.63) is 58.9 Å². The summed E-state index contributed by atoms with van der Waals surface area (Å²) in [6.45, 7) is 2.02. The first-order valence-electron chi connectivity index (χ1n) is 5.83. The van der Waals surface area contributed by atoms with Crippen LogP contribution in [0.4, 0.5) is 5.69 Å². The number of benzene rings is 1. The lowest BCUT2D eigenvalue weighted by molar-refractivity contribution is 0.100. The van der Waals surface area contributed by atoms with Crippen molar-refractivity contribution < 1.29 is 4.79 Å². The van der Waals surface area contributed by atoms with E-state index in [4.69, 9.17) is 17.3 Å². The number of primary amides is 1. The van der Waals surface area contributed by atoms with E-state index in [2.05, 4.69) is 10.3 Å². The Bertz CT molecular complexity index is 586. The van der Waals surface area contributed by atoms with Crippen LogP contribution in [0.3, 0.4) is 0 Å². The molecule has 0 radical (unpaired) electrons. The van der Waals surface area contributed by atoms with Crippen molar-refractivity contribution in [1.82, 2.24) is 4.98 Å². The number of carbonyl (C=O) groups excluding carboxylic acids is 1. The van der Waals surface area contributed by atoms with E-state index >= 15 is 0 Å². The highest BCUT2D eigenvalue weighted by atomic mass is 35.5. The molecule has 19 heavy (non-hydrogen) atoms. The van der Waals surface area contributed by atoms with Crippen molar-refractivity contribution in [1.29, 1.82) is 0 Å². The van der Waals surface area contributed by atoms with E-state index < -0.39 is 5.91 Å². The van der Waals surface area contributed by atoms with Gasteiger partial charge in [0.2, 0.25) is 5.91 Å². The molecule has 0 spiro atoms. The molecule has 2 aromatic rings. The van der Waals surface area contributed by atoms with E-state index in [9.17, 15) is 4.79 Å². The largest absolute Gasteiger partial charge is 0.378 e. The fourth-order valence-corrected chi connectivity index (χ4v) is 2.00. The van der Waals surface area contributed by atoms with Gasteiger partial charge in [-0.05, 0) is 42.8 Å². The summed E-state index contributed by atoms with van der Waals surface area (Å²) in [6, 6.07) is 9.08. The number of hydrogen-bond donors (Lipinski definition) is 2. The van der Waals surface area contributed by atoms with Gasteiger partial charge in [0.15, 0.2) is 0 Å². The first kappa shape index (κ1) is 13.4. The Balaban J connectivity index is 2.20. The van der Waals surface area contributed by atoms with E-state index in [-0.39, 0.29) is 6.04 Å². The van der Waals surface area contributed by atoms with Crippen LogP contribution in [-0.4, -0.2) is 10.9 Å². The average Bonchev–Trinajstić information content (AvgIpc) is 2.41. The van der Waals surface area contributed by atoms with Crippen molar-refractivity contribution in [2.75, 3.05) is 5.32 Å². The number of carbonyl (C=O) groups is 1. The van der Waals surface area contributed by atoms with Crippen molar-refractivity contribution in [3.63, 3.8) is 0 Å². The third-order valence-electron chi connectivity index (χ3n) is 2.82. The standard InChI is InChI=1S/C14H14ClN3O/c1-9(10-4-6-17-7-5-10)18-11-2-3-13(15)12(8-11)14(16)19/h2-9,18H,1H3,(H2,16,19). The Morgan fingerprint density at radius 3 is 2.63 bits per heavy atom. The van der Waals surface area contributed by atoms with E-state index in [0.29, 0.717) is 10.6 Å². The topological polar surface area (TPSA) is 68.0 Å². The van der Waals surface area contributed by atoms with E-state index in [0.717, 1.165) is 11.3 Å². The highest BCUT2D eigenvalue weighted by Crippen LogP contribution is 2.23. The summed E-state index contributed by atoms with van der Waals surface area (Å²) < 4.78 is 0. The Kier molecular flexibility index (Phi) is 4.02. The Morgan fingerprint density at radius 1 is 1.32 bits per heavy atom. The minimum Gasteiger partial charge on any atom is -0.378 e. The molecular weight excluding hydrogens is 262 g/mol. The molecule has 1 aromatic carbocycles. The SMILES string of the molecule is CC(Nc1ccc(Cl)c(C(N)=O)c1)c1ccncc1. The summed E-state index contributed by atoms with van der Waals surface area (Å²) >= 11 is 5.91. The molecule has 0 saturated heterocycles. The predicted octanol–water partition coefficient (Wildman–Crippen LogP) is 3.01. The van der Waals surface area contributed by atoms with Gasteiger partial charge in [-0.2, -0.15) is 0 Å². The second kappa shape index (κ2) is 5.71. The monoisotopic (exact) mass is 275 g/mol. The molecule has 0 aliphatic rings. The van der Waals surface area contributed by atoms with Crippen LogP contribution in [0.5, 0.6) is 0 Å². The maximum absolute atomic E-state index is 11.2. The van der Waals surface area contributed by atoms with Gasteiger partial charge in [-0.15, -0.1) is 0 Å². The molecule has 4 nitrogen and oxygen atoms in total. The second-order valence-electron chi connectivity index (χ2n) is 4.21. The van der Waals surface area contributed by atoms with Gasteiger partial charge < -0.3 is 11.1 Å². The maximum Gasteiger partial charge on any atom is 0.250 e. The minimum atomic E-state index is -0.537. The van der Waals surface area contributed by atoms with E-state index in [1.54, 1.807) is 24.5 Å². The van der Waals surface area contributed by atoms with Crippen LogP contribution in [-0.2, 0) is 0 Å². The Hall–Kier alpha value is -2.07. The van der Waals surface area contributed by atoms with Crippen LogP contribution in [0.15, 0.2) is 42.7 Å². The van der Waals surface area contributed by atoms with Crippen LogP contribution in [0, 0.1) is 0 Å². The summed E-state index contributed by atoms with van der Waals surface area (Å²) in [5.41, 5.74) is 7.48. The molecule has 1 atom stereocenters. The molecule has 0 saturated carbocycles. The Morgan fingerprint density at radius 2 is 2.00 bits per heavy atom. The first-order valence-corrected chi connectivity index (χ1v) is 6.21. The van der Waals surface area contributed by atoms with E-state index in [1.165, 1.54) is 0 Å². The highest BCUT2D eigenvalue weighted by molar-refractivity contribution is 6.33. The van der Waals surface area contributed by atoms with Gasteiger partial charge in [0.1, 0.15) is 0 Å². The third kappa shape index (κ3) is 3.23. The summed E-state index contributed by atoms with van der Waals surface area (Å²) in [6.07, 6.45) is 3.48. The molecule has 0 aliphatic carbocycles. The zero-order chi connectivity index (χ0) is 13.8. The number of pyridine rings is 1. The van der Waals surface area contributed by atoms with Crippen molar-refractivity contribution in [2.24, 2.45) is 5.73 Å². The summed E-state index contributed by atoms with van der Waals surface area (Å²) in [7, 11) is 0. The van der Waals surface area contributed by atoms with Crippen molar-refractivity contribution >= 4 is 23.2 Å². The van der Waals surface area contributed by atoms with Gasteiger partial charge in [-0.1, -0.05) is 11.6 Å².